The maximum Gasteiger partial charge on any atom is 0.404 e. The van der Waals surface area contributed by atoms with Gasteiger partial charge in [-0.15, -0.1) is 0 Å². The van der Waals surface area contributed by atoms with Gasteiger partial charge in [0.05, 0.1) is 6.54 Å². The zero-order valence-corrected chi connectivity index (χ0v) is 18.7. The lowest BCUT2D eigenvalue weighted by Gasteiger charge is -2.52. The Morgan fingerprint density at radius 3 is 2.00 bits per heavy atom. The fraction of sp³-hybridized carbons (Fsp3) is 1.00. The van der Waals surface area contributed by atoms with Gasteiger partial charge in [-0.2, -0.15) is 13.2 Å². The molecule has 2 nitrogen and oxygen atoms in total. The van der Waals surface area contributed by atoms with Gasteiger partial charge >= 0.3 is 6.18 Å². The first-order valence-electron chi connectivity index (χ1n) is 11.2. The van der Waals surface area contributed by atoms with E-state index in [4.69, 9.17) is 0 Å². The summed E-state index contributed by atoms with van der Waals surface area (Å²) < 4.78 is 69.5. The molecular formula is C22H39F5N2. The van der Waals surface area contributed by atoms with Crippen LogP contribution in [-0.4, -0.2) is 60.2 Å². The number of hydrogen-bond acceptors (Lipinski definition) is 2. The molecule has 2 heterocycles. The molecule has 2 aliphatic heterocycles. The van der Waals surface area contributed by atoms with E-state index in [9.17, 15) is 22.0 Å². The molecule has 0 aromatic heterocycles. The van der Waals surface area contributed by atoms with Gasteiger partial charge in [-0.1, -0.05) is 27.7 Å². The van der Waals surface area contributed by atoms with Gasteiger partial charge in [-0.3, -0.25) is 9.80 Å². The van der Waals surface area contributed by atoms with E-state index < -0.39 is 31.1 Å². The lowest BCUT2D eigenvalue weighted by atomic mass is 9.73. The molecule has 2 aliphatic rings. The van der Waals surface area contributed by atoms with Crippen molar-refractivity contribution in [2.45, 2.75) is 91.5 Å². The molecule has 2 fully saturated rings. The number of piperidine rings is 2. The molecule has 172 valence electrons. The molecule has 2 saturated heterocycles. The summed E-state index contributed by atoms with van der Waals surface area (Å²) in [5.41, 5.74) is 0. The Kier molecular flexibility index (Phi) is 8.39. The van der Waals surface area contributed by atoms with Crippen molar-refractivity contribution in [1.29, 1.82) is 0 Å². The highest BCUT2D eigenvalue weighted by atomic mass is 19.4. The van der Waals surface area contributed by atoms with Crippen molar-refractivity contribution in [3.8, 4) is 0 Å². The molecule has 29 heavy (non-hydrogen) atoms. The summed E-state index contributed by atoms with van der Waals surface area (Å²) in [6.45, 7) is 12.0. The Hall–Kier alpha value is -0.430. The molecule has 0 radical (unpaired) electrons. The van der Waals surface area contributed by atoms with E-state index in [1.54, 1.807) is 9.80 Å². The van der Waals surface area contributed by atoms with Crippen LogP contribution in [0, 0.1) is 29.6 Å². The van der Waals surface area contributed by atoms with Crippen molar-refractivity contribution in [3.05, 3.63) is 0 Å². The van der Waals surface area contributed by atoms with E-state index in [1.165, 1.54) is 0 Å². The zero-order chi connectivity index (χ0) is 22.1. The van der Waals surface area contributed by atoms with Crippen LogP contribution in [0.15, 0.2) is 0 Å². The van der Waals surface area contributed by atoms with Crippen LogP contribution in [0.25, 0.3) is 0 Å². The first-order chi connectivity index (χ1) is 13.3. The third kappa shape index (κ3) is 5.84. The molecule has 0 aromatic carbocycles. The van der Waals surface area contributed by atoms with Gasteiger partial charge in [0.15, 0.2) is 0 Å². The van der Waals surface area contributed by atoms with Gasteiger partial charge in [0, 0.05) is 18.6 Å². The molecule has 2 rings (SSSR count). The minimum absolute atomic E-state index is 0.0154. The number of halogens is 5. The van der Waals surface area contributed by atoms with Gasteiger partial charge < -0.3 is 0 Å². The predicted octanol–water partition coefficient (Wildman–Crippen LogP) is 5.92. The standard InChI is InChI=1S/C22H39F5N2/c1-13(2)18-8-7-9-29(16(18)6)21(22(25,26)27)17-10-19(14(3)4)15(5)28(11-17)12-20(23)24/h13-21H,7-12H2,1-6H3. The molecule has 0 bridgehead atoms. The van der Waals surface area contributed by atoms with Crippen molar-refractivity contribution in [2.75, 3.05) is 19.6 Å². The summed E-state index contributed by atoms with van der Waals surface area (Å²) in [5, 5.41) is 0. The summed E-state index contributed by atoms with van der Waals surface area (Å²) in [7, 11) is 0. The van der Waals surface area contributed by atoms with Crippen LogP contribution < -0.4 is 0 Å². The van der Waals surface area contributed by atoms with Gasteiger partial charge in [-0.25, -0.2) is 8.78 Å². The smallest absolute Gasteiger partial charge is 0.294 e. The van der Waals surface area contributed by atoms with Gasteiger partial charge in [0.2, 0.25) is 0 Å². The van der Waals surface area contributed by atoms with Crippen molar-refractivity contribution in [2.24, 2.45) is 29.6 Å². The second kappa shape index (κ2) is 9.80. The Morgan fingerprint density at radius 2 is 1.52 bits per heavy atom. The lowest BCUT2D eigenvalue weighted by molar-refractivity contribution is -0.219. The normalized spacial score (nSPS) is 34.3. The van der Waals surface area contributed by atoms with Gasteiger partial charge in [-0.05, 0) is 69.2 Å². The number of alkyl halides is 5. The van der Waals surface area contributed by atoms with E-state index >= 15 is 0 Å². The second-order valence-corrected chi connectivity index (χ2v) is 10.0. The summed E-state index contributed by atoms with van der Waals surface area (Å²) in [5.74, 6) is 0.0223. The highest BCUT2D eigenvalue weighted by Crippen LogP contribution is 2.43. The number of likely N-dealkylation sites (tertiary alicyclic amines) is 2. The van der Waals surface area contributed by atoms with Gasteiger partial charge in [0.1, 0.15) is 6.04 Å². The van der Waals surface area contributed by atoms with Crippen molar-refractivity contribution in [1.82, 2.24) is 9.80 Å². The van der Waals surface area contributed by atoms with E-state index in [1.807, 2.05) is 27.7 Å². The fourth-order valence-electron chi connectivity index (χ4n) is 6.04. The van der Waals surface area contributed by atoms with Gasteiger partial charge in [0.25, 0.3) is 6.43 Å². The van der Waals surface area contributed by atoms with Crippen LogP contribution in [0.3, 0.4) is 0 Å². The number of hydrogen-bond donors (Lipinski definition) is 0. The van der Waals surface area contributed by atoms with Crippen LogP contribution in [-0.2, 0) is 0 Å². The van der Waals surface area contributed by atoms with Crippen molar-refractivity contribution >= 4 is 0 Å². The fourth-order valence-corrected chi connectivity index (χ4v) is 6.04. The van der Waals surface area contributed by atoms with E-state index in [2.05, 4.69) is 13.8 Å². The van der Waals surface area contributed by atoms with E-state index in [0.717, 1.165) is 12.8 Å². The zero-order valence-electron chi connectivity index (χ0n) is 18.7. The van der Waals surface area contributed by atoms with Crippen molar-refractivity contribution < 1.29 is 22.0 Å². The largest absolute Gasteiger partial charge is 0.404 e. The molecule has 0 amide bonds. The summed E-state index contributed by atoms with van der Waals surface area (Å²) in [6, 6.07) is -1.85. The number of nitrogens with zero attached hydrogens (tertiary/aromatic N) is 2. The lowest BCUT2D eigenvalue weighted by Crippen LogP contribution is -2.62. The highest BCUT2D eigenvalue weighted by molar-refractivity contribution is 4.98. The summed E-state index contributed by atoms with van der Waals surface area (Å²) >= 11 is 0. The molecule has 6 atom stereocenters. The molecule has 0 saturated carbocycles. The molecule has 0 spiro atoms. The van der Waals surface area contributed by atoms with E-state index in [0.29, 0.717) is 18.9 Å². The van der Waals surface area contributed by atoms with Crippen molar-refractivity contribution in [3.63, 3.8) is 0 Å². The topological polar surface area (TPSA) is 6.48 Å². The molecule has 0 aliphatic carbocycles. The second-order valence-electron chi connectivity index (χ2n) is 10.0. The molecule has 0 N–H and O–H groups in total. The van der Waals surface area contributed by atoms with E-state index in [-0.39, 0.29) is 36.4 Å². The Bertz CT molecular complexity index is 508. The van der Waals surface area contributed by atoms with Crippen LogP contribution in [0.4, 0.5) is 22.0 Å². The SMILES string of the molecule is CC(C)C1CC(C(N2CCCC(C(C)C)C2C)C(F)(F)F)CN(CC(F)F)C1C. The maximum absolute atomic E-state index is 14.4. The molecule has 0 aromatic rings. The van der Waals surface area contributed by atoms with Crippen LogP contribution in [0.2, 0.25) is 0 Å². The van der Waals surface area contributed by atoms with Crippen LogP contribution >= 0.6 is 0 Å². The summed E-state index contributed by atoms with van der Waals surface area (Å²) in [6.07, 6.45) is -4.74. The monoisotopic (exact) mass is 426 g/mol. The predicted molar refractivity (Wildman–Crippen MR) is 107 cm³/mol. The Morgan fingerprint density at radius 1 is 0.931 bits per heavy atom. The highest BCUT2D eigenvalue weighted by Gasteiger charge is 2.53. The third-order valence-corrected chi connectivity index (χ3v) is 7.56. The van der Waals surface area contributed by atoms with Crippen LogP contribution in [0.5, 0.6) is 0 Å². The number of rotatable bonds is 6. The first-order valence-corrected chi connectivity index (χ1v) is 11.2. The Balaban J connectivity index is 2.35. The quantitative estimate of drug-likeness (QED) is 0.486. The molecule has 7 heteroatoms. The maximum atomic E-state index is 14.4. The average molecular weight is 427 g/mol. The molecule has 6 unspecified atom stereocenters. The first kappa shape index (κ1) is 24.8. The van der Waals surface area contributed by atoms with Crippen LogP contribution in [0.1, 0.15) is 60.8 Å². The minimum Gasteiger partial charge on any atom is -0.294 e. The minimum atomic E-state index is -4.36. The summed E-state index contributed by atoms with van der Waals surface area (Å²) in [4.78, 5) is 3.27. The Labute approximate surface area is 173 Å². The third-order valence-electron chi connectivity index (χ3n) is 7.56. The molecular weight excluding hydrogens is 387 g/mol. The average Bonchev–Trinajstić information content (AvgIpc) is 2.57.